The fraction of sp³-hybridized carbons (Fsp3) is 0.385. The number of hydrogen-bond donors (Lipinski definition) is 2. The van der Waals surface area contributed by atoms with Gasteiger partial charge >= 0.3 is 0 Å². The van der Waals surface area contributed by atoms with E-state index in [4.69, 9.17) is 18.0 Å². The summed E-state index contributed by atoms with van der Waals surface area (Å²) in [5.74, 6) is -0.335. The zero-order valence-corrected chi connectivity index (χ0v) is 13.1. The molecule has 20 heavy (non-hydrogen) atoms. The maximum atomic E-state index is 12.1. The van der Waals surface area contributed by atoms with Crippen LogP contribution in [0.25, 0.3) is 0 Å². The third kappa shape index (κ3) is 4.90. The molecule has 1 aromatic carbocycles. The highest BCUT2D eigenvalue weighted by Crippen LogP contribution is 2.12. The lowest BCUT2D eigenvalue weighted by Crippen LogP contribution is -2.37. The topological polar surface area (TPSA) is 89.3 Å². The molecule has 7 heteroatoms. The molecule has 0 aliphatic rings. The Morgan fingerprint density at radius 1 is 1.45 bits per heavy atom. The molecule has 1 unspecified atom stereocenters. The average molecular weight is 314 g/mol. The second kappa shape index (κ2) is 6.81. The normalized spacial score (nSPS) is 12.7. The number of nitrogens with one attached hydrogen (secondary N) is 1. The first kappa shape index (κ1) is 16.6. The third-order valence-corrected chi connectivity index (χ3v) is 4.08. The summed E-state index contributed by atoms with van der Waals surface area (Å²) in [5.41, 5.74) is 5.77. The second-order valence-electron chi connectivity index (χ2n) is 4.55. The van der Waals surface area contributed by atoms with E-state index < -0.39 is 9.84 Å². The van der Waals surface area contributed by atoms with Gasteiger partial charge in [-0.2, -0.15) is 0 Å². The van der Waals surface area contributed by atoms with E-state index in [1.54, 1.807) is 12.1 Å². The molecule has 0 aliphatic heterocycles. The zero-order valence-electron chi connectivity index (χ0n) is 11.4. The molecule has 0 aliphatic carbocycles. The van der Waals surface area contributed by atoms with Crippen LogP contribution in [0.15, 0.2) is 29.2 Å². The fourth-order valence-corrected chi connectivity index (χ4v) is 2.54. The SMILES string of the molecule is CCC(CC(N)=S)NC(=O)c1cccc(S(C)(=O)=O)c1. The lowest BCUT2D eigenvalue weighted by molar-refractivity contribution is 0.0937. The van der Waals surface area contributed by atoms with Gasteiger partial charge in [0.15, 0.2) is 9.84 Å². The van der Waals surface area contributed by atoms with Crippen molar-refractivity contribution in [1.82, 2.24) is 5.32 Å². The summed E-state index contributed by atoms with van der Waals surface area (Å²) in [4.78, 5) is 12.5. The molecule has 0 saturated heterocycles. The summed E-state index contributed by atoms with van der Waals surface area (Å²) in [6, 6.07) is 5.77. The van der Waals surface area contributed by atoms with E-state index in [1.165, 1.54) is 12.1 Å². The molecule has 110 valence electrons. The van der Waals surface area contributed by atoms with Crippen LogP contribution in [-0.2, 0) is 9.84 Å². The van der Waals surface area contributed by atoms with Crippen molar-refractivity contribution in [2.75, 3.05) is 6.26 Å². The van der Waals surface area contributed by atoms with Crippen molar-refractivity contribution >= 4 is 33.0 Å². The molecule has 0 spiro atoms. The van der Waals surface area contributed by atoms with Crippen LogP contribution in [0, 0.1) is 0 Å². The molecule has 0 saturated carbocycles. The van der Waals surface area contributed by atoms with Gasteiger partial charge in [-0.1, -0.05) is 25.2 Å². The van der Waals surface area contributed by atoms with E-state index in [0.717, 1.165) is 6.26 Å². The Labute approximate surface area is 124 Å². The van der Waals surface area contributed by atoms with Crippen LogP contribution in [0.1, 0.15) is 30.1 Å². The highest BCUT2D eigenvalue weighted by molar-refractivity contribution is 7.90. The van der Waals surface area contributed by atoms with Gasteiger partial charge in [0.05, 0.1) is 9.88 Å². The Kier molecular flexibility index (Phi) is 5.64. The Balaban J connectivity index is 2.90. The molecular weight excluding hydrogens is 296 g/mol. The van der Waals surface area contributed by atoms with Crippen LogP contribution < -0.4 is 11.1 Å². The maximum absolute atomic E-state index is 12.1. The van der Waals surface area contributed by atoms with E-state index in [9.17, 15) is 13.2 Å². The Bertz CT molecular complexity index is 612. The van der Waals surface area contributed by atoms with Crippen molar-refractivity contribution in [2.24, 2.45) is 5.73 Å². The molecule has 0 fully saturated rings. The van der Waals surface area contributed by atoms with Crippen LogP contribution in [0.5, 0.6) is 0 Å². The summed E-state index contributed by atoms with van der Waals surface area (Å²) >= 11 is 4.82. The van der Waals surface area contributed by atoms with Gasteiger partial charge in [0.1, 0.15) is 0 Å². The molecular formula is C13H18N2O3S2. The zero-order chi connectivity index (χ0) is 15.3. The van der Waals surface area contributed by atoms with Crippen molar-refractivity contribution in [3.63, 3.8) is 0 Å². The Hall–Kier alpha value is -1.47. The average Bonchev–Trinajstić information content (AvgIpc) is 2.36. The van der Waals surface area contributed by atoms with Crippen LogP contribution in [0.2, 0.25) is 0 Å². The highest BCUT2D eigenvalue weighted by Gasteiger charge is 2.15. The van der Waals surface area contributed by atoms with Gasteiger partial charge in [0.25, 0.3) is 5.91 Å². The van der Waals surface area contributed by atoms with Crippen molar-refractivity contribution < 1.29 is 13.2 Å². The van der Waals surface area contributed by atoms with Gasteiger partial charge < -0.3 is 11.1 Å². The van der Waals surface area contributed by atoms with Crippen molar-refractivity contribution in [1.29, 1.82) is 0 Å². The lowest BCUT2D eigenvalue weighted by Gasteiger charge is -2.16. The standard InChI is InChI=1S/C13H18N2O3S2/c1-3-10(8-12(14)19)15-13(16)9-5-4-6-11(7-9)20(2,17)18/h4-7,10H,3,8H2,1-2H3,(H2,14,19)(H,15,16). The number of rotatable bonds is 6. The maximum Gasteiger partial charge on any atom is 0.251 e. The van der Waals surface area contributed by atoms with Crippen LogP contribution in [0.3, 0.4) is 0 Å². The molecule has 0 radical (unpaired) electrons. The van der Waals surface area contributed by atoms with Gasteiger partial charge in [-0.15, -0.1) is 0 Å². The summed E-state index contributed by atoms with van der Waals surface area (Å²) in [5, 5.41) is 2.79. The number of thiocarbonyl (C=S) groups is 1. The molecule has 3 N–H and O–H groups in total. The summed E-state index contributed by atoms with van der Waals surface area (Å²) in [7, 11) is -3.33. The van der Waals surface area contributed by atoms with E-state index in [0.29, 0.717) is 23.4 Å². The van der Waals surface area contributed by atoms with E-state index in [-0.39, 0.29) is 16.8 Å². The molecule has 5 nitrogen and oxygen atoms in total. The summed E-state index contributed by atoms with van der Waals surface area (Å²) in [6.07, 6.45) is 2.21. The highest BCUT2D eigenvalue weighted by atomic mass is 32.2. The molecule has 0 aromatic heterocycles. The first-order chi connectivity index (χ1) is 9.24. The van der Waals surface area contributed by atoms with Gasteiger partial charge in [0.2, 0.25) is 0 Å². The minimum Gasteiger partial charge on any atom is -0.393 e. The Morgan fingerprint density at radius 2 is 2.10 bits per heavy atom. The smallest absolute Gasteiger partial charge is 0.251 e. The number of hydrogen-bond acceptors (Lipinski definition) is 4. The molecule has 0 heterocycles. The van der Waals surface area contributed by atoms with Crippen LogP contribution >= 0.6 is 12.2 Å². The number of sulfone groups is 1. The van der Waals surface area contributed by atoms with Gasteiger partial charge in [-0.3, -0.25) is 4.79 Å². The first-order valence-electron chi connectivity index (χ1n) is 6.13. The largest absolute Gasteiger partial charge is 0.393 e. The minimum atomic E-state index is -3.33. The number of nitrogens with two attached hydrogens (primary N) is 1. The van der Waals surface area contributed by atoms with Gasteiger partial charge in [-0.05, 0) is 24.6 Å². The lowest BCUT2D eigenvalue weighted by atomic mass is 10.1. The fourth-order valence-electron chi connectivity index (χ4n) is 1.68. The molecule has 1 atom stereocenters. The quantitative estimate of drug-likeness (QED) is 0.772. The van der Waals surface area contributed by atoms with E-state index >= 15 is 0 Å². The van der Waals surface area contributed by atoms with Gasteiger partial charge in [0, 0.05) is 24.3 Å². The number of amides is 1. The number of benzene rings is 1. The molecule has 1 rings (SSSR count). The predicted octanol–water partition coefficient (Wildman–Crippen LogP) is 1.27. The summed E-state index contributed by atoms with van der Waals surface area (Å²) in [6.45, 7) is 1.91. The monoisotopic (exact) mass is 314 g/mol. The predicted molar refractivity (Wildman–Crippen MR) is 82.5 cm³/mol. The molecule has 0 bridgehead atoms. The van der Waals surface area contributed by atoms with Crippen LogP contribution in [-0.4, -0.2) is 31.6 Å². The second-order valence-corrected chi connectivity index (χ2v) is 7.09. The minimum absolute atomic E-state index is 0.118. The number of carbonyl (C=O) groups is 1. The van der Waals surface area contributed by atoms with Crippen molar-refractivity contribution in [3.8, 4) is 0 Å². The molecule has 1 amide bonds. The van der Waals surface area contributed by atoms with Crippen molar-refractivity contribution in [3.05, 3.63) is 29.8 Å². The van der Waals surface area contributed by atoms with Crippen LogP contribution in [0.4, 0.5) is 0 Å². The van der Waals surface area contributed by atoms with E-state index in [2.05, 4.69) is 5.32 Å². The van der Waals surface area contributed by atoms with Crippen molar-refractivity contribution in [2.45, 2.75) is 30.7 Å². The summed E-state index contributed by atoms with van der Waals surface area (Å²) < 4.78 is 22.9. The number of carbonyl (C=O) groups excluding carboxylic acids is 1. The Morgan fingerprint density at radius 3 is 2.60 bits per heavy atom. The third-order valence-electron chi connectivity index (χ3n) is 2.80. The van der Waals surface area contributed by atoms with Gasteiger partial charge in [-0.25, -0.2) is 8.42 Å². The molecule has 1 aromatic rings. The van der Waals surface area contributed by atoms with E-state index in [1.807, 2.05) is 6.92 Å². The first-order valence-corrected chi connectivity index (χ1v) is 8.43.